The van der Waals surface area contributed by atoms with Crippen LogP contribution in [0.4, 0.5) is 5.82 Å². The van der Waals surface area contributed by atoms with Crippen LogP contribution in [0, 0.1) is 0 Å². The Morgan fingerprint density at radius 1 is 1.20 bits per heavy atom. The molecule has 0 saturated carbocycles. The zero-order valence-corrected chi connectivity index (χ0v) is 12.4. The second-order valence-corrected chi connectivity index (χ2v) is 6.23. The molecule has 0 aliphatic heterocycles. The summed E-state index contributed by atoms with van der Waals surface area (Å²) in [4.78, 5) is 7.68. The summed E-state index contributed by atoms with van der Waals surface area (Å²) in [5.41, 5.74) is 1.11. The average Bonchev–Trinajstić information content (AvgIpc) is 2.39. The van der Waals surface area contributed by atoms with Gasteiger partial charge in [-0.25, -0.2) is 13.4 Å². The van der Waals surface area contributed by atoms with Crippen LogP contribution < -0.4 is 4.72 Å². The minimum Gasteiger partial charge on any atom is -0.263 e. The van der Waals surface area contributed by atoms with Crippen molar-refractivity contribution in [3.05, 3.63) is 47.4 Å². The summed E-state index contributed by atoms with van der Waals surface area (Å²) < 4.78 is 26.7. The largest absolute Gasteiger partial charge is 0.263 e. The third kappa shape index (κ3) is 3.68. The van der Waals surface area contributed by atoms with E-state index in [9.17, 15) is 8.42 Å². The van der Waals surface area contributed by atoms with Crippen molar-refractivity contribution in [2.75, 3.05) is 4.72 Å². The molecule has 2 rings (SSSR count). The second kappa shape index (κ2) is 6.19. The molecule has 2 aromatic rings. The van der Waals surface area contributed by atoms with Gasteiger partial charge in [0, 0.05) is 6.20 Å². The van der Waals surface area contributed by atoms with Crippen molar-refractivity contribution in [2.24, 2.45) is 0 Å². The first-order valence-electron chi connectivity index (χ1n) is 6.11. The van der Waals surface area contributed by atoms with Crippen LogP contribution >= 0.6 is 11.6 Å². The third-order valence-electron chi connectivity index (χ3n) is 2.64. The molecule has 0 atom stereocenters. The number of benzene rings is 1. The number of hydrogen-bond acceptors (Lipinski definition) is 4. The van der Waals surface area contributed by atoms with Crippen LogP contribution in [-0.4, -0.2) is 18.4 Å². The van der Waals surface area contributed by atoms with Crippen molar-refractivity contribution in [1.29, 1.82) is 0 Å². The van der Waals surface area contributed by atoms with E-state index in [4.69, 9.17) is 11.6 Å². The van der Waals surface area contributed by atoms with E-state index in [1.54, 1.807) is 12.1 Å². The Bertz CT molecular complexity index is 687. The maximum absolute atomic E-state index is 12.2. The van der Waals surface area contributed by atoms with E-state index in [-0.39, 0.29) is 16.0 Å². The van der Waals surface area contributed by atoms with Crippen molar-refractivity contribution in [3.63, 3.8) is 0 Å². The van der Waals surface area contributed by atoms with Gasteiger partial charge in [-0.15, -0.1) is 0 Å². The van der Waals surface area contributed by atoms with Crippen molar-refractivity contribution < 1.29 is 8.42 Å². The number of anilines is 1. The lowest BCUT2D eigenvalue weighted by Crippen LogP contribution is -2.14. The van der Waals surface area contributed by atoms with Crippen LogP contribution in [-0.2, 0) is 16.4 Å². The van der Waals surface area contributed by atoms with E-state index in [2.05, 4.69) is 21.6 Å². The average molecular weight is 312 g/mol. The first-order chi connectivity index (χ1) is 9.51. The fourth-order valence-corrected chi connectivity index (χ4v) is 2.86. The number of aryl methyl sites for hydroxylation is 1. The summed E-state index contributed by atoms with van der Waals surface area (Å²) in [6.45, 7) is 2.07. The fraction of sp³-hybridized carbons (Fsp3) is 0.231. The highest BCUT2D eigenvalue weighted by atomic mass is 35.5. The van der Waals surface area contributed by atoms with Gasteiger partial charge in [-0.3, -0.25) is 4.72 Å². The molecule has 0 radical (unpaired) electrons. The summed E-state index contributed by atoms with van der Waals surface area (Å²) in [6.07, 6.45) is 3.33. The highest BCUT2D eigenvalue weighted by molar-refractivity contribution is 7.92. The molecular formula is C13H14ClN3O2S. The van der Waals surface area contributed by atoms with Gasteiger partial charge in [0.05, 0.1) is 4.90 Å². The molecule has 0 fully saturated rings. The van der Waals surface area contributed by atoms with Crippen molar-refractivity contribution in [1.82, 2.24) is 9.97 Å². The molecule has 0 bridgehead atoms. The lowest BCUT2D eigenvalue weighted by atomic mass is 10.1. The molecule has 20 heavy (non-hydrogen) atoms. The standard InChI is InChI=1S/C13H14ClN3O2S/c1-2-3-10-4-6-11(7-5-10)20(18,19)17-12-8-9-15-13(14)16-12/h4-9H,2-3H2,1H3,(H,15,16,17). The predicted octanol–water partition coefficient (Wildman–Crippen LogP) is 2.88. The molecule has 1 aromatic heterocycles. The molecule has 1 aromatic carbocycles. The van der Waals surface area contributed by atoms with Gasteiger partial charge >= 0.3 is 0 Å². The summed E-state index contributed by atoms with van der Waals surface area (Å²) in [5, 5.41) is -0.0107. The molecule has 1 N–H and O–H groups in total. The lowest BCUT2D eigenvalue weighted by molar-refractivity contribution is 0.601. The number of rotatable bonds is 5. The molecule has 0 saturated heterocycles. The quantitative estimate of drug-likeness (QED) is 0.862. The Kier molecular flexibility index (Phi) is 4.57. The molecule has 106 valence electrons. The van der Waals surface area contributed by atoms with Gasteiger partial charge in [0.15, 0.2) is 0 Å². The van der Waals surface area contributed by atoms with Crippen molar-refractivity contribution >= 4 is 27.4 Å². The molecule has 7 heteroatoms. The summed E-state index contributed by atoms with van der Waals surface area (Å²) in [6, 6.07) is 8.22. The van der Waals surface area contributed by atoms with Crippen LogP contribution in [0.5, 0.6) is 0 Å². The van der Waals surface area contributed by atoms with Gasteiger partial charge in [0.2, 0.25) is 5.28 Å². The normalized spacial score (nSPS) is 11.3. The zero-order valence-electron chi connectivity index (χ0n) is 10.9. The second-order valence-electron chi connectivity index (χ2n) is 4.21. The first-order valence-corrected chi connectivity index (χ1v) is 7.97. The maximum Gasteiger partial charge on any atom is 0.263 e. The minimum absolute atomic E-state index is 0.0107. The molecule has 1 heterocycles. The van der Waals surface area contributed by atoms with Crippen LogP contribution in [0.2, 0.25) is 5.28 Å². The molecule has 5 nitrogen and oxygen atoms in total. The van der Waals surface area contributed by atoms with Gasteiger partial charge in [-0.1, -0.05) is 25.5 Å². The van der Waals surface area contributed by atoms with Gasteiger partial charge in [0.25, 0.3) is 10.0 Å². The number of sulfonamides is 1. The Labute approximate surface area is 123 Å². The predicted molar refractivity (Wildman–Crippen MR) is 78.3 cm³/mol. The third-order valence-corrected chi connectivity index (χ3v) is 4.19. The summed E-state index contributed by atoms with van der Waals surface area (Å²) in [5.74, 6) is 0.141. The van der Waals surface area contributed by atoms with E-state index < -0.39 is 10.0 Å². The number of aromatic nitrogens is 2. The lowest BCUT2D eigenvalue weighted by Gasteiger charge is -2.08. The van der Waals surface area contributed by atoms with Crippen LogP contribution in [0.1, 0.15) is 18.9 Å². The van der Waals surface area contributed by atoms with E-state index in [1.807, 2.05) is 12.1 Å². The molecule has 0 aliphatic rings. The molecule has 0 amide bonds. The van der Waals surface area contributed by atoms with Crippen molar-refractivity contribution in [3.8, 4) is 0 Å². The highest BCUT2D eigenvalue weighted by Gasteiger charge is 2.14. The van der Waals surface area contributed by atoms with Crippen LogP contribution in [0.3, 0.4) is 0 Å². The molecule has 0 spiro atoms. The van der Waals surface area contributed by atoms with Crippen LogP contribution in [0.25, 0.3) is 0 Å². The zero-order chi connectivity index (χ0) is 14.6. The fourth-order valence-electron chi connectivity index (χ4n) is 1.71. The van der Waals surface area contributed by atoms with Crippen molar-refractivity contribution in [2.45, 2.75) is 24.7 Å². The van der Waals surface area contributed by atoms with Gasteiger partial charge in [-0.2, -0.15) is 4.98 Å². The highest BCUT2D eigenvalue weighted by Crippen LogP contribution is 2.16. The number of hydrogen-bond donors (Lipinski definition) is 1. The van der Waals surface area contributed by atoms with E-state index in [0.29, 0.717) is 0 Å². The van der Waals surface area contributed by atoms with E-state index >= 15 is 0 Å². The topological polar surface area (TPSA) is 72.0 Å². The van der Waals surface area contributed by atoms with Crippen LogP contribution in [0.15, 0.2) is 41.4 Å². The molecule has 0 aliphatic carbocycles. The Hall–Kier alpha value is -1.66. The Morgan fingerprint density at radius 2 is 1.90 bits per heavy atom. The first kappa shape index (κ1) is 14.7. The minimum atomic E-state index is -3.66. The van der Waals surface area contributed by atoms with Gasteiger partial charge in [0.1, 0.15) is 5.82 Å². The van der Waals surface area contributed by atoms with Gasteiger partial charge < -0.3 is 0 Å². The van der Waals surface area contributed by atoms with E-state index in [1.165, 1.54) is 12.3 Å². The van der Waals surface area contributed by atoms with Gasteiger partial charge in [-0.05, 0) is 41.8 Å². The number of nitrogens with one attached hydrogen (secondary N) is 1. The number of halogens is 1. The Morgan fingerprint density at radius 3 is 2.50 bits per heavy atom. The summed E-state index contributed by atoms with van der Waals surface area (Å²) >= 11 is 5.62. The molecular weight excluding hydrogens is 298 g/mol. The number of nitrogens with zero attached hydrogens (tertiary/aromatic N) is 2. The monoisotopic (exact) mass is 311 g/mol. The molecule has 0 unspecified atom stereocenters. The SMILES string of the molecule is CCCc1ccc(S(=O)(=O)Nc2ccnc(Cl)n2)cc1. The maximum atomic E-state index is 12.2. The smallest absolute Gasteiger partial charge is 0.263 e. The summed E-state index contributed by atoms with van der Waals surface area (Å²) in [7, 11) is -3.66. The Balaban J connectivity index is 2.21. The van der Waals surface area contributed by atoms with E-state index in [0.717, 1.165) is 18.4 Å².